The van der Waals surface area contributed by atoms with Crippen molar-refractivity contribution in [3.05, 3.63) is 0 Å². The van der Waals surface area contributed by atoms with Gasteiger partial charge in [-0.2, -0.15) is 0 Å². The van der Waals surface area contributed by atoms with Crippen molar-refractivity contribution < 1.29 is 23.8 Å². The van der Waals surface area contributed by atoms with Crippen molar-refractivity contribution in [2.75, 3.05) is 33.0 Å². The molecule has 1 atom stereocenters. The molecule has 2 heterocycles. The number of hydrogen-bond donors (Lipinski definition) is 0. The monoisotopic (exact) mass is 299 g/mol. The molecule has 0 aliphatic carbocycles. The average Bonchev–Trinajstić information content (AvgIpc) is 2.45. The molecule has 0 aromatic rings. The Hall–Kier alpha value is -1.14. The van der Waals surface area contributed by atoms with Crippen LogP contribution in [0.15, 0.2) is 0 Å². The molecule has 0 spiro atoms. The van der Waals surface area contributed by atoms with Crippen molar-refractivity contribution in [1.82, 2.24) is 4.90 Å². The predicted molar refractivity (Wildman–Crippen MR) is 76.1 cm³/mol. The fourth-order valence-corrected chi connectivity index (χ4v) is 2.63. The van der Waals surface area contributed by atoms with Crippen LogP contribution in [0.5, 0.6) is 0 Å². The normalized spacial score (nSPS) is 24.7. The highest BCUT2D eigenvalue weighted by molar-refractivity contribution is 5.89. The summed E-state index contributed by atoms with van der Waals surface area (Å²) in [6, 6.07) is -0.531. The molecule has 0 aromatic carbocycles. The predicted octanol–water partition coefficient (Wildman–Crippen LogP) is 1.62. The van der Waals surface area contributed by atoms with Crippen LogP contribution < -0.4 is 0 Å². The number of morpholine rings is 1. The van der Waals surface area contributed by atoms with Gasteiger partial charge in [0, 0.05) is 25.7 Å². The first-order valence-corrected chi connectivity index (χ1v) is 7.57. The summed E-state index contributed by atoms with van der Waals surface area (Å²) in [5.41, 5.74) is -0.568. The molecule has 21 heavy (non-hydrogen) atoms. The standard InChI is InChI=1S/C15H25NO5/c1-15(2,3)21-14(18)16-6-9-20-10-12(16)13(17)11-4-7-19-8-5-11/h11-12H,4-10H2,1-3H3. The Morgan fingerprint density at radius 3 is 2.38 bits per heavy atom. The summed E-state index contributed by atoms with van der Waals surface area (Å²) < 4.78 is 16.1. The van der Waals surface area contributed by atoms with E-state index in [9.17, 15) is 9.59 Å². The van der Waals surface area contributed by atoms with Crippen LogP contribution in [0.4, 0.5) is 4.79 Å². The average molecular weight is 299 g/mol. The Morgan fingerprint density at radius 1 is 1.10 bits per heavy atom. The highest BCUT2D eigenvalue weighted by Gasteiger charge is 2.38. The largest absolute Gasteiger partial charge is 0.444 e. The molecular weight excluding hydrogens is 274 g/mol. The number of ether oxygens (including phenoxy) is 3. The molecule has 2 rings (SSSR count). The lowest BCUT2D eigenvalue weighted by Crippen LogP contribution is -2.55. The van der Waals surface area contributed by atoms with E-state index in [-0.39, 0.29) is 18.3 Å². The lowest BCUT2D eigenvalue weighted by molar-refractivity contribution is -0.136. The van der Waals surface area contributed by atoms with E-state index < -0.39 is 17.7 Å². The van der Waals surface area contributed by atoms with Crippen molar-refractivity contribution in [2.45, 2.75) is 45.3 Å². The molecule has 120 valence electrons. The highest BCUT2D eigenvalue weighted by atomic mass is 16.6. The van der Waals surface area contributed by atoms with E-state index in [1.54, 1.807) is 0 Å². The van der Waals surface area contributed by atoms with Crippen LogP contribution in [0.1, 0.15) is 33.6 Å². The first-order valence-electron chi connectivity index (χ1n) is 7.57. The summed E-state index contributed by atoms with van der Waals surface area (Å²) in [6.07, 6.45) is 1.01. The van der Waals surface area contributed by atoms with Crippen LogP contribution in [-0.4, -0.2) is 61.4 Å². The third kappa shape index (κ3) is 4.41. The second-order valence-corrected chi connectivity index (χ2v) is 6.55. The van der Waals surface area contributed by atoms with Gasteiger partial charge < -0.3 is 14.2 Å². The number of ketones is 1. The smallest absolute Gasteiger partial charge is 0.411 e. The van der Waals surface area contributed by atoms with Gasteiger partial charge in [0.05, 0.1) is 13.2 Å². The summed E-state index contributed by atoms with van der Waals surface area (Å²) in [4.78, 5) is 26.5. The quantitative estimate of drug-likeness (QED) is 0.775. The lowest BCUT2D eigenvalue weighted by atomic mass is 9.90. The molecule has 0 aromatic heterocycles. The summed E-state index contributed by atoms with van der Waals surface area (Å²) >= 11 is 0. The number of carbonyl (C=O) groups is 2. The molecule has 0 saturated carbocycles. The number of nitrogens with zero attached hydrogens (tertiary/aromatic N) is 1. The maximum absolute atomic E-state index is 12.6. The molecule has 2 saturated heterocycles. The fraction of sp³-hybridized carbons (Fsp3) is 0.867. The van der Waals surface area contributed by atoms with E-state index in [2.05, 4.69) is 0 Å². The van der Waals surface area contributed by atoms with Gasteiger partial charge in [0.25, 0.3) is 0 Å². The van der Waals surface area contributed by atoms with Crippen LogP contribution in [0.2, 0.25) is 0 Å². The third-order valence-corrected chi connectivity index (χ3v) is 3.71. The van der Waals surface area contributed by atoms with Gasteiger partial charge in [-0.15, -0.1) is 0 Å². The molecule has 2 aliphatic heterocycles. The van der Waals surface area contributed by atoms with Crippen molar-refractivity contribution in [3.8, 4) is 0 Å². The van der Waals surface area contributed by atoms with E-state index in [1.807, 2.05) is 20.8 Å². The van der Waals surface area contributed by atoms with E-state index in [1.165, 1.54) is 4.90 Å². The third-order valence-electron chi connectivity index (χ3n) is 3.71. The number of rotatable bonds is 2. The van der Waals surface area contributed by atoms with Gasteiger partial charge in [0.1, 0.15) is 11.6 Å². The lowest BCUT2D eigenvalue weighted by Gasteiger charge is -2.37. The summed E-state index contributed by atoms with van der Waals surface area (Å²) in [5.74, 6) is 0.0271. The molecule has 2 aliphatic rings. The molecule has 6 nitrogen and oxygen atoms in total. The van der Waals surface area contributed by atoms with Gasteiger partial charge in [-0.1, -0.05) is 0 Å². The van der Waals surface area contributed by atoms with Crippen molar-refractivity contribution in [1.29, 1.82) is 0 Å². The van der Waals surface area contributed by atoms with Crippen LogP contribution >= 0.6 is 0 Å². The van der Waals surface area contributed by atoms with Gasteiger partial charge in [0.2, 0.25) is 0 Å². The maximum atomic E-state index is 12.6. The molecule has 0 radical (unpaired) electrons. The Labute approximate surface area is 125 Å². The summed E-state index contributed by atoms with van der Waals surface area (Å²) in [5, 5.41) is 0. The van der Waals surface area contributed by atoms with Crippen LogP contribution in [0, 0.1) is 5.92 Å². The van der Waals surface area contributed by atoms with Gasteiger partial charge in [-0.05, 0) is 33.6 Å². The van der Waals surface area contributed by atoms with Crippen molar-refractivity contribution >= 4 is 11.9 Å². The van der Waals surface area contributed by atoms with E-state index in [4.69, 9.17) is 14.2 Å². The SMILES string of the molecule is CC(C)(C)OC(=O)N1CCOCC1C(=O)C1CCOCC1. The second-order valence-electron chi connectivity index (χ2n) is 6.55. The Kier molecular flexibility index (Phi) is 5.22. The molecule has 0 N–H and O–H groups in total. The minimum atomic E-state index is -0.568. The molecule has 0 bridgehead atoms. The van der Waals surface area contributed by atoms with Gasteiger partial charge in [-0.3, -0.25) is 9.69 Å². The number of hydrogen-bond acceptors (Lipinski definition) is 5. The number of Topliss-reactive ketones (excluding diaryl/α,β-unsaturated/α-hetero) is 1. The minimum Gasteiger partial charge on any atom is -0.444 e. The Bertz CT molecular complexity index is 384. The van der Waals surface area contributed by atoms with E-state index in [0.717, 1.165) is 12.8 Å². The molecule has 6 heteroatoms. The summed E-state index contributed by atoms with van der Waals surface area (Å²) in [7, 11) is 0. The van der Waals surface area contributed by atoms with E-state index in [0.29, 0.717) is 26.4 Å². The molecule has 1 unspecified atom stereocenters. The first kappa shape index (κ1) is 16.2. The molecule has 1 amide bonds. The van der Waals surface area contributed by atoms with Gasteiger partial charge in [-0.25, -0.2) is 4.79 Å². The molecule has 2 fully saturated rings. The second kappa shape index (κ2) is 6.75. The maximum Gasteiger partial charge on any atom is 0.411 e. The zero-order valence-electron chi connectivity index (χ0n) is 13.1. The molecular formula is C15H25NO5. The summed E-state index contributed by atoms with van der Waals surface area (Å²) in [6.45, 7) is 7.77. The zero-order valence-corrected chi connectivity index (χ0v) is 13.1. The Morgan fingerprint density at radius 2 is 1.76 bits per heavy atom. The highest BCUT2D eigenvalue weighted by Crippen LogP contribution is 2.22. The van der Waals surface area contributed by atoms with Gasteiger partial charge in [0.15, 0.2) is 5.78 Å². The number of carbonyl (C=O) groups excluding carboxylic acids is 2. The van der Waals surface area contributed by atoms with Gasteiger partial charge >= 0.3 is 6.09 Å². The zero-order chi connectivity index (χ0) is 15.5. The van der Waals surface area contributed by atoms with E-state index >= 15 is 0 Å². The first-order chi connectivity index (χ1) is 9.88. The van der Waals surface area contributed by atoms with Crippen molar-refractivity contribution in [3.63, 3.8) is 0 Å². The Balaban J connectivity index is 2.04. The topological polar surface area (TPSA) is 65.1 Å². The van der Waals surface area contributed by atoms with Crippen molar-refractivity contribution in [2.24, 2.45) is 5.92 Å². The number of amides is 1. The van der Waals surface area contributed by atoms with Crippen LogP contribution in [0.25, 0.3) is 0 Å². The fourth-order valence-electron chi connectivity index (χ4n) is 2.63. The van der Waals surface area contributed by atoms with Crippen LogP contribution in [0.3, 0.4) is 0 Å². The minimum absolute atomic E-state index is 0.0459. The van der Waals surface area contributed by atoms with Crippen LogP contribution in [-0.2, 0) is 19.0 Å².